The molecule has 1 N–H and O–H groups in total. The lowest BCUT2D eigenvalue weighted by Crippen LogP contribution is -2.18. The Morgan fingerprint density at radius 2 is 1.77 bits per heavy atom. The summed E-state index contributed by atoms with van der Waals surface area (Å²) in [5.74, 6) is 1.73. The number of anilines is 2. The average Bonchev–Trinajstić information content (AvgIpc) is 3.50. The van der Waals surface area contributed by atoms with Crippen LogP contribution in [0, 0.1) is 0 Å². The van der Waals surface area contributed by atoms with E-state index in [4.69, 9.17) is 0 Å². The van der Waals surface area contributed by atoms with Crippen LogP contribution in [-0.2, 0) is 25.9 Å². The first-order valence-corrected chi connectivity index (χ1v) is 11.9. The molecule has 5 aromatic rings. The SMILES string of the molecule is CN(c1n[nH]c2c1CCCC2)c1ncnc2nn(Cc3ccc(Cn4ccccc4=O)cc3)cc12. The summed E-state index contributed by atoms with van der Waals surface area (Å²) in [6, 6.07) is 13.5. The molecule has 0 saturated heterocycles. The second-order valence-corrected chi connectivity index (χ2v) is 9.01. The predicted octanol–water partition coefficient (Wildman–Crippen LogP) is 3.45. The number of nitrogens with one attached hydrogen (secondary N) is 1. The van der Waals surface area contributed by atoms with Gasteiger partial charge in [0.15, 0.2) is 11.5 Å². The predicted molar refractivity (Wildman–Crippen MR) is 134 cm³/mol. The standard InChI is InChI=1S/C26H26N8O/c1-32(26-20-6-2-3-7-22(20)29-30-26)25-21-16-34(31-24(21)27-17-28-25)15-19-11-9-18(10-12-19)14-33-13-5-4-8-23(33)35/h4-5,8-13,16-17H,2-3,6-7,14-15H2,1H3,(H,29,30). The molecular formula is C26H26N8O. The van der Waals surface area contributed by atoms with E-state index in [1.54, 1.807) is 29.2 Å². The van der Waals surface area contributed by atoms with Gasteiger partial charge >= 0.3 is 0 Å². The number of H-pyrrole nitrogens is 1. The number of benzene rings is 1. The molecule has 4 heterocycles. The highest BCUT2D eigenvalue weighted by Gasteiger charge is 2.22. The monoisotopic (exact) mass is 466 g/mol. The molecule has 6 rings (SSSR count). The number of hydrogen-bond acceptors (Lipinski definition) is 6. The number of nitrogens with zero attached hydrogens (tertiary/aromatic N) is 7. The van der Waals surface area contributed by atoms with Gasteiger partial charge in [-0.05, 0) is 42.9 Å². The Morgan fingerprint density at radius 3 is 2.60 bits per heavy atom. The molecule has 0 atom stereocenters. The Kier molecular flexibility index (Phi) is 5.36. The maximum Gasteiger partial charge on any atom is 0.250 e. The van der Waals surface area contributed by atoms with Gasteiger partial charge in [-0.15, -0.1) is 0 Å². The molecule has 1 aliphatic carbocycles. The van der Waals surface area contributed by atoms with Crippen molar-refractivity contribution in [2.45, 2.75) is 38.8 Å². The molecule has 0 spiro atoms. The minimum absolute atomic E-state index is 0.00274. The molecule has 0 amide bonds. The summed E-state index contributed by atoms with van der Waals surface area (Å²) in [7, 11) is 2.00. The van der Waals surface area contributed by atoms with Gasteiger partial charge in [0, 0.05) is 36.8 Å². The molecule has 1 aromatic carbocycles. The van der Waals surface area contributed by atoms with E-state index >= 15 is 0 Å². The Bertz CT molecular complexity index is 1550. The summed E-state index contributed by atoms with van der Waals surface area (Å²) in [6.07, 6.45) is 9.84. The Morgan fingerprint density at radius 1 is 0.971 bits per heavy atom. The highest BCUT2D eigenvalue weighted by atomic mass is 16.1. The van der Waals surface area contributed by atoms with E-state index in [1.807, 2.05) is 28.9 Å². The van der Waals surface area contributed by atoms with Crippen LogP contribution < -0.4 is 10.5 Å². The van der Waals surface area contributed by atoms with Crippen LogP contribution >= 0.6 is 0 Å². The summed E-state index contributed by atoms with van der Waals surface area (Å²) in [5.41, 5.74) is 5.37. The van der Waals surface area contributed by atoms with Gasteiger partial charge < -0.3 is 9.47 Å². The van der Waals surface area contributed by atoms with Gasteiger partial charge in [-0.25, -0.2) is 9.97 Å². The van der Waals surface area contributed by atoms with Crippen molar-refractivity contribution < 1.29 is 0 Å². The zero-order valence-corrected chi connectivity index (χ0v) is 19.6. The lowest BCUT2D eigenvalue weighted by molar-refractivity contribution is 0.674. The number of pyridine rings is 1. The van der Waals surface area contributed by atoms with Gasteiger partial charge in [-0.2, -0.15) is 10.2 Å². The van der Waals surface area contributed by atoms with E-state index < -0.39 is 0 Å². The Balaban J connectivity index is 1.24. The maximum absolute atomic E-state index is 12.0. The number of fused-ring (bicyclic) bond motifs is 2. The first-order chi connectivity index (χ1) is 17.2. The van der Waals surface area contributed by atoms with E-state index in [1.165, 1.54) is 24.1 Å². The fourth-order valence-corrected chi connectivity index (χ4v) is 4.79. The molecule has 4 aromatic heterocycles. The topological polar surface area (TPSA) is 97.5 Å². The molecule has 0 saturated carbocycles. The van der Waals surface area contributed by atoms with Crippen LogP contribution in [-0.4, -0.2) is 41.6 Å². The van der Waals surface area contributed by atoms with Gasteiger partial charge in [0.25, 0.3) is 5.56 Å². The highest BCUT2D eigenvalue weighted by molar-refractivity contribution is 5.88. The first kappa shape index (κ1) is 21.3. The summed E-state index contributed by atoms with van der Waals surface area (Å²) in [4.78, 5) is 23.0. The van der Waals surface area contributed by atoms with E-state index in [9.17, 15) is 4.79 Å². The molecular weight excluding hydrogens is 440 g/mol. The zero-order chi connectivity index (χ0) is 23.8. The van der Waals surface area contributed by atoms with E-state index in [-0.39, 0.29) is 5.56 Å². The third kappa shape index (κ3) is 4.09. The third-order valence-electron chi connectivity index (χ3n) is 6.63. The fourth-order valence-electron chi connectivity index (χ4n) is 4.79. The van der Waals surface area contributed by atoms with Crippen molar-refractivity contribution in [3.63, 3.8) is 0 Å². The molecule has 0 radical (unpaired) electrons. The summed E-state index contributed by atoms with van der Waals surface area (Å²) in [5, 5.41) is 13.4. The van der Waals surface area contributed by atoms with Crippen LogP contribution in [0.25, 0.3) is 11.0 Å². The van der Waals surface area contributed by atoms with Crippen LogP contribution in [0.2, 0.25) is 0 Å². The number of rotatable bonds is 6. The van der Waals surface area contributed by atoms with Crippen LogP contribution in [0.4, 0.5) is 11.6 Å². The lowest BCUT2D eigenvalue weighted by atomic mass is 9.97. The summed E-state index contributed by atoms with van der Waals surface area (Å²) < 4.78 is 3.59. The van der Waals surface area contributed by atoms with Gasteiger partial charge in [-0.3, -0.25) is 14.6 Å². The smallest absolute Gasteiger partial charge is 0.250 e. The van der Waals surface area contributed by atoms with Gasteiger partial charge in [0.2, 0.25) is 0 Å². The van der Waals surface area contributed by atoms with Crippen molar-refractivity contribution in [2.75, 3.05) is 11.9 Å². The number of hydrogen-bond donors (Lipinski definition) is 1. The fraction of sp³-hybridized carbons (Fsp3) is 0.269. The lowest BCUT2D eigenvalue weighted by Gasteiger charge is -2.19. The van der Waals surface area contributed by atoms with Crippen molar-refractivity contribution in [1.29, 1.82) is 0 Å². The molecule has 0 fully saturated rings. The molecule has 9 nitrogen and oxygen atoms in total. The van der Waals surface area contributed by atoms with Crippen molar-refractivity contribution in [3.05, 3.63) is 93.9 Å². The molecule has 0 unspecified atom stereocenters. The minimum Gasteiger partial charge on any atom is -0.312 e. The third-order valence-corrected chi connectivity index (χ3v) is 6.63. The van der Waals surface area contributed by atoms with Crippen LogP contribution in [0.5, 0.6) is 0 Å². The summed E-state index contributed by atoms with van der Waals surface area (Å²) >= 11 is 0. The number of aryl methyl sites for hydroxylation is 1. The molecule has 1 aliphatic rings. The highest BCUT2D eigenvalue weighted by Crippen LogP contribution is 2.33. The van der Waals surface area contributed by atoms with Crippen molar-refractivity contribution >= 4 is 22.7 Å². The van der Waals surface area contributed by atoms with Gasteiger partial charge in [-0.1, -0.05) is 30.3 Å². The van der Waals surface area contributed by atoms with Gasteiger partial charge in [0.1, 0.15) is 12.1 Å². The van der Waals surface area contributed by atoms with Crippen molar-refractivity contribution in [1.82, 2.24) is 34.5 Å². The van der Waals surface area contributed by atoms with Crippen molar-refractivity contribution in [3.8, 4) is 0 Å². The minimum atomic E-state index is -0.00274. The van der Waals surface area contributed by atoms with Gasteiger partial charge in [0.05, 0.1) is 18.5 Å². The Hall–Kier alpha value is -4.27. The van der Waals surface area contributed by atoms with Crippen LogP contribution in [0.1, 0.15) is 35.2 Å². The first-order valence-electron chi connectivity index (χ1n) is 11.9. The Labute approximate surface area is 202 Å². The molecule has 176 valence electrons. The molecule has 0 aliphatic heterocycles. The van der Waals surface area contributed by atoms with Crippen molar-refractivity contribution in [2.24, 2.45) is 0 Å². The molecule has 0 bridgehead atoms. The largest absolute Gasteiger partial charge is 0.312 e. The second-order valence-electron chi connectivity index (χ2n) is 9.01. The molecule has 35 heavy (non-hydrogen) atoms. The zero-order valence-electron chi connectivity index (χ0n) is 19.6. The number of aromatic nitrogens is 7. The summed E-state index contributed by atoms with van der Waals surface area (Å²) in [6.45, 7) is 1.16. The quantitative estimate of drug-likeness (QED) is 0.412. The maximum atomic E-state index is 12.0. The second kappa shape index (κ2) is 8.83. The van der Waals surface area contributed by atoms with E-state index in [0.717, 1.165) is 41.0 Å². The van der Waals surface area contributed by atoms with E-state index in [0.29, 0.717) is 18.7 Å². The normalized spacial score (nSPS) is 13.2. The van der Waals surface area contributed by atoms with Crippen LogP contribution in [0.15, 0.2) is 66.0 Å². The van der Waals surface area contributed by atoms with Crippen LogP contribution in [0.3, 0.4) is 0 Å². The average molecular weight is 467 g/mol. The van der Waals surface area contributed by atoms with E-state index in [2.05, 4.69) is 49.5 Å². The molecule has 9 heteroatoms. The number of aromatic amines is 1.